The number of halogens is 3. The topological polar surface area (TPSA) is 12.9 Å². The zero-order valence-corrected chi connectivity index (χ0v) is 10.3. The molecule has 10 heavy (non-hydrogen) atoms. The zero-order valence-electron chi connectivity index (χ0n) is 5.10. The van der Waals surface area contributed by atoms with Gasteiger partial charge in [0.05, 0.1) is 5.02 Å². The molecule has 5 heteroatoms. The molecule has 0 N–H and O–H groups in total. The van der Waals surface area contributed by atoms with Crippen molar-refractivity contribution in [3.05, 3.63) is 29.5 Å². The molecule has 0 amide bonds. The van der Waals surface area contributed by atoms with Gasteiger partial charge in [-0.05, 0) is 12.1 Å². The number of nitrogens with zero attached hydrogens (tertiary/aromatic N) is 1. The summed E-state index contributed by atoms with van der Waals surface area (Å²) in [7, 11) is 9.90. The third-order valence-corrected chi connectivity index (χ3v) is 0.849. The van der Waals surface area contributed by atoms with Gasteiger partial charge < -0.3 is 0 Å². The van der Waals surface area contributed by atoms with Crippen molar-refractivity contribution < 1.29 is 15.1 Å². The van der Waals surface area contributed by atoms with E-state index in [9.17, 15) is 0 Å². The summed E-state index contributed by atoms with van der Waals surface area (Å²) < 4.78 is 0. The molecule has 0 radical (unpaired) electrons. The first kappa shape index (κ1) is 10.6. The molecular weight excluding hydrogens is 246 g/mol. The Morgan fingerprint density at radius 3 is 2.20 bits per heavy atom. The predicted molar refractivity (Wildman–Crippen MR) is 41.0 cm³/mol. The van der Waals surface area contributed by atoms with Crippen LogP contribution in [0.3, 0.4) is 0 Å². The molecule has 0 atom stereocenters. The van der Waals surface area contributed by atoms with Crippen LogP contribution in [-0.2, 0) is 15.1 Å². The Bertz CT molecular complexity index is 158. The Morgan fingerprint density at radius 1 is 1.40 bits per heavy atom. The van der Waals surface area contributed by atoms with Gasteiger partial charge in [0, 0.05) is 12.4 Å². The van der Waals surface area contributed by atoms with E-state index in [0.717, 1.165) is 0 Å². The molecule has 1 rings (SSSR count). The third kappa shape index (κ3) is 6.76. The minimum atomic E-state index is -0.931. The molecule has 1 nitrogen and oxygen atoms in total. The molecule has 0 aliphatic carbocycles. The van der Waals surface area contributed by atoms with Crippen molar-refractivity contribution in [2.45, 2.75) is 0 Å². The zero-order chi connectivity index (χ0) is 7.82. The first-order valence-electron chi connectivity index (χ1n) is 2.48. The van der Waals surface area contributed by atoms with E-state index in [-0.39, 0.29) is 0 Å². The number of hydrogen-bond donors (Lipinski definition) is 0. The van der Waals surface area contributed by atoms with Crippen LogP contribution >= 0.6 is 31.0 Å². The van der Waals surface area contributed by atoms with Crippen molar-refractivity contribution >= 4 is 31.0 Å². The SMILES string of the molecule is Clc1cccnc1.[Cl][Zn][Cl]. The molecule has 0 spiro atoms. The van der Waals surface area contributed by atoms with E-state index in [1.165, 1.54) is 0 Å². The van der Waals surface area contributed by atoms with E-state index in [0.29, 0.717) is 5.02 Å². The summed E-state index contributed by atoms with van der Waals surface area (Å²) in [6.07, 6.45) is 3.29. The molecule has 0 aliphatic heterocycles. The van der Waals surface area contributed by atoms with Crippen LogP contribution in [0.5, 0.6) is 0 Å². The van der Waals surface area contributed by atoms with E-state index in [4.69, 9.17) is 31.0 Å². The maximum absolute atomic E-state index is 5.48. The first-order chi connectivity index (χ1) is 4.81. The summed E-state index contributed by atoms with van der Waals surface area (Å²) in [5.41, 5.74) is 0. The molecule has 1 aromatic rings. The molecule has 52 valence electrons. The summed E-state index contributed by atoms with van der Waals surface area (Å²) in [6, 6.07) is 3.58. The standard InChI is InChI=1S/C5H4ClN.2ClH.Zn/c6-5-2-1-3-7-4-5;;;/h1-4H;2*1H;/q;;;+2/p-2. The van der Waals surface area contributed by atoms with E-state index in [2.05, 4.69) is 4.98 Å². The van der Waals surface area contributed by atoms with Gasteiger partial charge in [0.15, 0.2) is 0 Å². The fraction of sp³-hybridized carbons (Fsp3) is 0. The average molecular weight is 250 g/mol. The second kappa shape index (κ2) is 7.75. The average Bonchev–Trinajstić information content (AvgIpc) is 1.91. The molecule has 0 aromatic carbocycles. The summed E-state index contributed by atoms with van der Waals surface area (Å²) in [4.78, 5) is 3.75. The van der Waals surface area contributed by atoms with Crippen molar-refractivity contribution in [3.8, 4) is 0 Å². The number of pyridine rings is 1. The molecule has 0 aliphatic rings. The van der Waals surface area contributed by atoms with Crippen LogP contribution in [-0.4, -0.2) is 4.98 Å². The van der Waals surface area contributed by atoms with Gasteiger partial charge in [0.2, 0.25) is 0 Å². The van der Waals surface area contributed by atoms with Crippen LogP contribution in [0.2, 0.25) is 5.02 Å². The maximum atomic E-state index is 5.48. The first-order valence-corrected chi connectivity index (χ1v) is 10.7. The summed E-state index contributed by atoms with van der Waals surface area (Å²) >= 11 is 4.55. The van der Waals surface area contributed by atoms with Crippen molar-refractivity contribution in [1.29, 1.82) is 0 Å². The molecule has 0 saturated carbocycles. The number of rotatable bonds is 0. The van der Waals surface area contributed by atoms with Crippen molar-refractivity contribution in [2.75, 3.05) is 0 Å². The molecule has 0 bridgehead atoms. The molecule has 0 fully saturated rings. The Kier molecular flexibility index (Phi) is 8.25. The second-order valence-corrected chi connectivity index (χ2v) is 6.33. The van der Waals surface area contributed by atoms with E-state index in [1.807, 2.05) is 0 Å². The van der Waals surface area contributed by atoms with E-state index in [1.54, 1.807) is 24.5 Å². The second-order valence-electron chi connectivity index (χ2n) is 1.27. The molecular formula is C5H4Cl3NZn. The Balaban J connectivity index is 0.000000236. The van der Waals surface area contributed by atoms with Crippen LogP contribution < -0.4 is 0 Å². The molecule has 0 saturated heterocycles. The van der Waals surface area contributed by atoms with Crippen molar-refractivity contribution in [1.82, 2.24) is 4.98 Å². The van der Waals surface area contributed by atoms with Gasteiger partial charge in [-0.1, -0.05) is 11.6 Å². The monoisotopic (exact) mass is 247 g/mol. The van der Waals surface area contributed by atoms with Gasteiger partial charge in [-0.15, -0.1) is 0 Å². The van der Waals surface area contributed by atoms with E-state index < -0.39 is 15.1 Å². The van der Waals surface area contributed by atoms with Gasteiger partial charge in [0.25, 0.3) is 0 Å². The predicted octanol–water partition coefficient (Wildman–Crippen LogP) is 3.11. The molecule has 0 unspecified atom stereocenters. The summed E-state index contributed by atoms with van der Waals surface area (Å²) in [5, 5.41) is 0.683. The van der Waals surface area contributed by atoms with Crippen LogP contribution in [0.4, 0.5) is 0 Å². The van der Waals surface area contributed by atoms with Crippen LogP contribution in [0, 0.1) is 0 Å². The summed E-state index contributed by atoms with van der Waals surface area (Å²) in [6.45, 7) is 0. The quantitative estimate of drug-likeness (QED) is 0.644. The number of aromatic nitrogens is 1. The molecule has 1 aromatic heterocycles. The Labute approximate surface area is 80.4 Å². The normalized spacial score (nSPS) is 7.10. The summed E-state index contributed by atoms with van der Waals surface area (Å²) in [5.74, 6) is 0. The van der Waals surface area contributed by atoms with Crippen LogP contribution in [0.15, 0.2) is 24.5 Å². The van der Waals surface area contributed by atoms with E-state index >= 15 is 0 Å². The van der Waals surface area contributed by atoms with Gasteiger partial charge in [-0.2, -0.15) is 0 Å². The minimum absolute atomic E-state index is 0.683. The van der Waals surface area contributed by atoms with Crippen LogP contribution in [0.1, 0.15) is 0 Å². The fourth-order valence-electron chi connectivity index (χ4n) is 0.342. The number of hydrogen-bond acceptors (Lipinski definition) is 1. The van der Waals surface area contributed by atoms with Crippen molar-refractivity contribution in [3.63, 3.8) is 0 Å². The van der Waals surface area contributed by atoms with Gasteiger partial charge in [-0.3, -0.25) is 4.98 Å². The molecule has 1 heterocycles. The van der Waals surface area contributed by atoms with Crippen LogP contribution in [0.25, 0.3) is 0 Å². The van der Waals surface area contributed by atoms with Gasteiger partial charge in [-0.25, -0.2) is 0 Å². The van der Waals surface area contributed by atoms with Gasteiger partial charge in [0.1, 0.15) is 0 Å². The van der Waals surface area contributed by atoms with Gasteiger partial charge >= 0.3 is 34.5 Å². The Morgan fingerprint density at radius 2 is 2.00 bits per heavy atom. The fourth-order valence-corrected chi connectivity index (χ4v) is 0.471. The third-order valence-electron chi connectivity index (χ3n) is 0.625. The Hall–Kier alpha value is 0.643. The van der Waals surface area contributed by atoms with Crippen molar-refractivity contribution in [2.24, 2.45) is 0 Å².